The van der Waals surface area contributed by atoms with E-state index >= 15 is 0 Å². The quantitative estimate of drug-likeness (QED) is 0.345. The summed E-state index contributed by atoms with van der Waals surface area (Å²) >= 11 is 0. The van der Waals surface area contributed by atoms with Gasteiger partial charge in [0.2, 0.25) is 5.75 Å². The Balaban J connectivity index is 3.20. The Labute approximate surface area is 98.8 Å². The van der Waals surface area contributed by atoms with Crippen molar-refractivity contribution in [1.82, 2.24) is 0 Å². The molecular formula is C10H19O5S+. The van der Waals surface area contributed by atoms with Crippen LogP contribution in [0.4, 0.5) is 0 Å². The van der Waals surface area contributed by atoms with E-state index in [1.807, 2.05) is 12.5 Å². The average Bonchev–Trinajstić information content (AvgIpc) is 2.14. The summed E-state index contributed by atoms with van der Waals surface area (Å²) in [6, 6.07) is 0. The second kappa shape index (κ2) is 9.47. The minimum absolute atomic E-state index is 0.0660. The van der Waals surface area contributed by atoms with Crippen molar-refractivity contribution < 1.29 is 23.8 Å². The summed E-state index contributed by atoms with van der Waals surface area (Å²) in [6.07, 6.45) is 3.97. The first-order valence-electron chi connectivity index (χ1n) is 4.93. The predicted octanol–water partition coefficient (Wildman–Crippen LogP) is -0.0128. The zero-order chi connectivity index (χ0) is 12.4. The summed E-state index contributed by atoms with van der Waals surface area (Å²) in [6.45, 7) is 2.47. The zero-order valence-corrected chi connectivity index (χ0v) is 10.8. The fourth-order valence-electron chi connectivity index (χ4n) is 0.838. The Morgan fingerprint density at radius 3 is 2.06 bits per heavy atom. The molecular weight excluding hydrogens is 232 g/mol. The minimum atomic E-state index is -0.326. The first kappa shape index (κ1) is 15.2. The standard InChI is InChI=1S/C10H19O5S/c1-9(11)14-6-4-13-5-7-15-10(12)8-16(2)3/h4-8H2,1-3H3/q+1. The van der Waals surface area contributed by atoms with E-state index < -0.39 is 0 Å². The molecule has 0 aliphatic carbocycles. The molecule has 0 aromatic carbocycles. The van der Waals surface area contributed by atoms with Gasteiger partial charge >= 0.3 is 11.9 Å². The molecule has 16 heavy (non-hydrogen) atoms. The van der Waals surface area contributed by atoms with Crippen LogP contribution in [0.1, 0.15) is 6.92 Å². The molecule has 5 nitrogen and oxygen atoms in total. The molecule has 0 aliphatic heterocycles. The maximum atomic E-state index is 11.1. The van der Waals surface area contributed by atoms with E-state index in [0.717, 1.165) is 0 Å². The number of ether oxygens (including phenoxy) is 3. The summed E-state index contributed by atoms with van der Waals surface area (Å²) < 4.78 is 14.7. The van der Waals surface area contributed by atoms with Crippen LogP contribution in [0.3, 0.4) is 0 Å². The van der Waals surface area contributed by atoms with E-state index in [2.05, 4.69) is 4.74 Å². The Bertz CT molecular complexity index is 217. The van der Waals surface area contributed by atoms with Crippen LogP contribution < -0.4 is 0 Å². The van der Waals surface area contributed by atoms with Crippen molar-refractivity contribution in [1.29, 1.82) is 0 Å². The van der Waals surface area contributed by atoms with Gasteiger partial charge in [0.15, 0.2) is 0 Å². The second-order valence-electron chi connectivity index (χ2n) is 3.30. The third kappa shape index (κ3) is 11.3. The smallest absolute Gasteiger partial charge is 0.356 e. The summed E-state index contributed by atoms with van der Waals surface area (Å²) in [5, 5.41) is 0. The fraction of sp³-hybridized carbons (Fsp3) is 0.800. The van der Waals surface area contributed by atoms with Crippen LogP contribution in [0.25, 0.3) is 0 Å². The summed E-state index contributed by atoms with van der Waals surface area (Å²) in [7, 11) is 0.0660. The van der Waals surface area contributed by atoms with Crippen LogP contribution in [-0.2, 0) is 34.7 Å². The van der Waals surface area contributed by atoms with Crippen molar-refractivity contribution in [3.63, 3.8) is 0 Å². The zero-order valence-electron chi connectivity index (χ0n) is 9.99. The van der Waals surface area contributed by atoms with Crippen LogP contribution in [0.5, 0.6) is 0 Å². The van der Waals surface area contributed by atoms with Crippen molar-refractivity contribution in [2.24, 2.45) is 0 Å². The van der Waals surface area contributed by atoms with Crippen LogP contribution in [0.15, 0.2) is 0 Å². The topological polar surface area (TPSA) is 61.8 Å². The third-order valence-electron chi connectivity index (χ3n) is 1.43. The number of carbonyl (C=O) groups excluding carboxylic acids is 2. The maximum Gasteiger partial charge on any atom is 0.356 e. The van der Waals surface area contributed by atoms with Crippen LogP contribution in [0.2, 0.25) is 0 Å². The van der Waals surface area contributed by atoms with Gasteiger partial charge in [-0.3, -0.25) is 4.79 Å². The third-order valence-corrected chi connectivity index (χ3v) is 2.24. The molecule has 0 heterocycles. The molecule has 0 saturated heterocycles. The number of esters is 2. The Morgan fingerprint density at radius 2 is 1.56 bits per heavy atom. The van der Waals surface area contributed by atoms with E-state index in [9.17, 15) is 9.59 Å². The number of hydrogen-bond acceptors (Lipinski definition) is 5. The SMILES string of the molecule is CC(=O)OCCOCCOC(=O)C[S+](C)C. The lowest BCUT2D eigenvalue weighted by atomic mass is 10.7. The van der Waals surface area contributed by atoms with Crippen molar-refractivity contribution in [2.45, 2.75) is 6.92 Å². The molecule has 0 aliphatic rings. The Hall–Kier alpha value is -0.750. The van der Waals surface area contributed by atoms with Crippen molar-refractivity contribution in [3.8, 4) is 0 Å². The first-order valence-corrected chi connectivity index (χ1v) is 7.14. The van der Waals surface area contributed by atoms with Crippen LogP contribution >= 0.6 is 0 Å². The van der Waals surface area contributed by atoms with E-state index in [1.165, 1.54) is 6.92 Å². The average molecular weight is 251 g/mol. The summed E-state index contributed by atoms with van der Waals surface area (Å²) in [5.41, 5.74) is 0. The molecule has 0 bridgehead atoms. The van der Waals surface area contributed by atoms with E-state index in [0.29, 0.717) is 19.0 Å². The van der Waals surface area contributed by atoms with E-state index in [-0.39, 0.29) is 36.0 Å². The molecule has 0 saturated carbocycles. The number of carbonyl (C=O) groups is 2. The number of hydrogen-bond donors (Lipinski definition) is 0. The van der Waals surface area contributed by atoms with E-state index in [4.69, 9.17) is 9.47 Å². The van der Waals surface area contributed by atoms with Crippen molar-refractivity contribution >= 4 is 22.8 Å². The normalized spacial score (nSPS) is 10.2. The Kier molecular flexibility index (Phi) is 9.03. The molecule has 0 spiro atoms. The highest BCUT2D eigenvalue weighted by Gasteiger charge is 2.12. The van der Waals surface area contributed by atoms with Gasteiger partial charge in [-0.05, 0) is 10.9 Å². The van der Waals surface area contributed by atoms with Gasteiger partial charge in [0.05, 0.1) is 25.7 Å². The fourth-order valence-corrected chi connectivity index (χ4v) is 1.39. The largest absolute Gasteiger partial charge is 0.463 e. The molecule has 0 N–H and O–H groups in total. The molecule has 0 rings (SSSR count). The predicted molar refractivity (Wildman–Crippen MR) is 62.5 cm³/mol. The van der Waals surface area contributed by atoms with Gasteiger partial charge in [0.1, 0.15) is 13.2 Å². The van der Waals surface area contributed by atoms with E-state index in [1.54, 1.807) is 0 Å². The highest BCUT2D eigenvalue weighted by molar-refractivity contribution is 7.96. The van der Waals surface area contributed by atoms with Gasteiger partial charge in [-0.2, -0.15) is 0 Å². The lowest BCUT2D eigenvalue weighted by Gasteiger charge is -2.05. The van der Waals surface area contributed by atoms with Gasteiger partial charge in [0, 0.05) is 6.92 Å². The Morgan fingerprint density at radius 1 is 1.00 bits per heavy atom. The molecule has 0 amide bonds. The first-order chi connectivity index (χ1) is 7.52. The summed E-state index contributed by atoms with van der Waals surface area (Å²) in [5.74, 6) is -0.0714. The molecule has 0 unspecified atom stereocenters. The monoisotopic (exact) mass is 251 g/mol. The maximum absolute atomic E-state index is 11.1. The van der Waals surface area contributed by atoms with Gasteiger partial charge in [0.25, 0.3) is 0 Å². The van der Waals surface area contributed by atoms with Gasteiger partial charge in [-0.1, -0.05) is 0 Å². The molecule has 0 radical (unpaired) electrons. The van der Waals surface area contributed by atoms with Gasteiger partial charge in [-0.25, -0.2) is 4.79 Å². The molecule has 0 aromatic heterocycles. The molecule has 0 atom stereocenters. The second-order valence-corrected chi connectivity index (χ2v) is 5.56. The van der Waals surface area contributed by atoms with Crippen molar-refractivity contribution in [3.05, 3.63) is 0 Å². The minimum Gasteiger partial charge on any atom is -0.463 e. The van der Waals surface area contributed by atoms with Crippen LogP contribution in [0, 0.1) is 0 Å². The van der Waals surface area contributed by atoms with Crippen LogP contribution in [-0.4, -0.2) is 56.6 Å². The molecule has 0 aromatic rings. The molecule has 0 fully saturated rings. The van der Waals surface area contributed by atoms with Gasteiger partial charge in [-0.15, -0.1) is 0 Å². The lowest BCUT2D eigenvalue weighted by molar-refractivity contribution is -0.143. The summed E-state index contributed by atoms with van der Waals surface area (Å²) in [4.78, 5) is 21.5. The van der Waals surface area contributed by atoms with Crippen molar-refractivity contribution in [2.75, 3.05) is 44.7 Å². The highest BCUT2D eigenvalue weighted by Crippen LogP contribution is 1.88. The number of rotatable bonds is 8. The lowest BCUT2D eigenvalue weighted by Crippen LogP contribution is -2.19. The molecule has 94 valence electrons. The van der Waals surface area contributed by atoms with Gasteiger partial charge < -0.3 is 14.2 Å². The molecule has 6 heteroatoms. The highest BCUT2D eigenvalue weighted by atomic mass is 32.2.